The van der Waals surface area contributed by atoms with Gasteiger partial charge in [0.2, 0.25) is 0 Å². The topological polar surface area (TPSA) is 70.8 Å². The number of methoxy groups -OCH3 is 1. The van der Waals surface area contributed by atoms with Gasteiger partial charge in [-0.3, -0.25) is 0 Å². The zero-order chi connectivity index (χ0) is 13.0. The van der Waals surface area contributed by atoms with Crippen molar-refractivity contribution in [2.75, 3.05) is 19.5 Å². The summed E-state index contributed by atoms with van der Waals surface area (Å²) < 4.78 is 5.09. The van der Waals surface area contributed by atoms with E-state index in [-0.39, 0.29) is 0 Å². The molecule has 0 bridgehead atoms. The predicted octanol–water partition coefficient (Wildman–Crippen LogP) is 2.07. The maximum Gasteiger partial charge on any atom is 0.162 e. The summed E-state index contributed by atoms with van der Waals surface area (Å²) in [6.07, 6.45) is 0. The minimum Gasteiger partial charge on any atom is -0.497 e. The first-order valence-electron chi connectivity index (χ1n) is 5.38. The molecule has 2 rings (SSSR count). The van der Waals surface area contributed by atoms with Crippen molar-refractivity contribution in [3.8, 4) is 23.2 Å². The Morgan fingerprint density at radius 1 is 1.22 bits per heavy atom. The van der Waals surface area contributed by atoms with Crippen LogP contribution in [-0.4, -0.2) is 24.1 Å². The van der Waals surface area contributed by atoms with Crippen molar-refractivity contribution in [2.45, 2.75) is 0 Å². The predicted molar refractivity (Wildman–Crippen MR) is 68.3 cm³/mol. The van der Waals surface area contributed by atoms with Gasteiger partial charge in [-0.05, 0) is 24.3 Å². The van der Waals surface area contributed by atoms with Gasteiger partial charge in [0.1, 0.15) is 23.3 Å². The van der Waals surface area contributed by atoms with E-state index in [0.29, 0.717) is 17.3 Å². The smallest absolute Gasteiger partial charge is 0.162 e. The second-order valence-corrected chi connectivity index (χ2v) is 3.55. The molecule has 0 aliphatic heterocycles. The Bertz CT molecular complexity index is 587. The normalized spacial score (nSPS) is 9.61. The average Bonchev–Trinajstić information content (AvgIpc) is 2.46. The molecule has 5 nitrogen and oxygen atoms in total. The largest absolute Gasteiger partial charge is 0.497 e. The van der Waals surface area contributed by atoms with Gasteiger partial charge in [0.25, 0.3) is 0 Å². The van der Waals surface area contributed by atoms with Gasteiger partial charge < -0.3 is 10.1 Å². The van der Waals surface area contributed by atoms with E-state index in [0.717, 1.165) is 11.3 Å². The van der Waals surface area contributed by atoms with Gasteiger partial charge in [-0.1, -0.05) is 0 Å². The van der Waals surface area contributed by atoms with Gasteiger partial charge in [0, 0.05) is 18.7 Å². The van der Waals surface area contributed by atoms with Crippen LogP contribution in [0.2, 0.25) is 0 Å². The number of benzene rings is 1. The van der Waals surface area contributed by atoms with Crippen molar-refractivity contribution in [1.29, 1.82) is 5.26 Å². The summed E-state index contributed by atoms with van der Waals surface area (Å²) in [5.41, 5.74) is 1.17. The van der Waals surface area contributed by atoms with Gasteiger partial charge in [0.15, 0.2) is 5.82 Å². The number of anilines is 1. The molecule has 0 saturated heterocycles. The lowest BCUT2D eigenvalue weighted by molar-refractivity contribution is 0.415. The van der Waals surface area contributed by atoms with E-state index in [9.17, 15) is 0 Å². The monoisotopic (exact) mass is 240 g/mol. The first-order valence-corrected chi connectivity index (χ1v) is 5.38. The van der Waals surface area contributed by atoms with Crippen molar-refractivity contribution < 1.29 is 4.74 Å². The molecule has 1 heterocycles. The Morgan fingerprint density at radius 3 is 2.50 bits per heavy atom. The molecule has 1 aromatic carbocycles. The molecule has 18 heavy (non-hydrogen) atoms. The lowest BCUT2D eigenvalue weighted by atomic mass is 10.2. The van der Waals surface area contributed by atoms with Gasteiger partial charge in [-0.15, -0.1) is 0 Å². The number of nitriles is 1. The van der Waals surface area contributed by atoms with Crippen LogP contribution in [0.3, 0.4) is 0 Å². The van der Waals surface area contributed by atoms with Crippen LogP contribution < -0.4 is 10.1 Å². The Balaban J connectivity index is 2.45. The van der Waals surface area contributed by atoms with Gasteiger partial charge >= 0.3 is 0 Å². The van der Waals surface area contributed by atoms with E-state index in [1.54, 1.807) is 20.2 Å². The number of hydrogen-bond acceptors (Lipinski definition) is 5. The molecule has 1 N–H and O–H groups in total. The van der Waals surface area contributed by atoms with E-state index >= 15 is 0 Å². The number of nitrogens with zero attached hydrogens (tertiary/aromatic N) is 3. The first-order chi connectivity index (χ1) is 8.76. The Hall–Kier alpha value is -2.61. The molecule has 0 radical (unpaired) electrons. The standard InChI is InChI=1S/C13H12N4O/c1-15-12-7-10(8-14)16-13(17-12)9-3-5-11(18-2)6-4-9/h3-7H,1-2H3,(H,15,16,17). The third-order valence-electron chi connectivity index (χ3n) is 2.45. The first kappa shape index (κ1) is 11.9. The lowest BCUT2D eigenvalue weighted by Gasteiger charge is -2.05. The molecule has 0 atom stereocenters. The molecule has 0 unspecified atom stereocenters. The minimum atomic E-state index is 0.333. The molecule has 1 aromatic heterocycles. The van der Waals surface area contributed by atoms with Crippen molar-refractivity contribution in [1.82, 2.24) is 9.97 Å². The second-order valence-electron chi connectivity index (χ2n) is 3.55. The molecular weight excluding hydrogens is 228 g/mol. The molecule has 0 fully saturated rings. The Morgan fingerprint density at radius 2 is 1.94 bits per heavy atom. The highest BCUT2D eigenvalue weighted by Gasteiger charge is 2.06. The summed E-state index contributed by atoms with van der Waals surface area (Å²) in [6.45, 7) is 0. The SMILES string of the molecule is CNc1cc(C#N)nc(-c2ccc(OC)cc2)n1. The van der Waals surface area contributed by atoms with Crippen LogP contribution in [0.1, 0.15) is 5.69 Å². The fourth-order valence-electron chi connectivity index (χ4n) is 1.50. The molecule has 0 saturated carbocycles. The van der Waals surface area contributed by atoms with Crippen molar-refractivity contribution in [2.24, 2.45) is 0 Å². The van der Waals surface area contributed by atoms with Crippen molar-refractivity contribution in [3.63, 3.8) is 0 Å². The second kappa shape index (κ2) is 5.15. The summed E-state index contributed by atoms with van der Waals surface area (Å²) >= 11 is 0. The van der Waals surface area contributed by atoms with E-state index in [1.165, 1.54) is 0 Å². The Labute approximate surface area is 105 Å². The molecule has 0 aliphatic carbocycles. The molecular formula is C13H12N4O. The highest BCUT2D eigenvalue weighted by atomic mass is 16.5. The minimum absolute atomic E-state index is 0.333. The molecule has 0 spiro atoms. The van der Waals surface area contributed by atoms with E-state index in [2.05, 4.69) is 15.3 Å². The lowest BCUT2D eigenvalue weighted by Crippen LogP contribution is -1.98. The summed E-state index contributed by atoms with van der Waals surface area (Å²) in [4.78, 5) is 8.48. The van der Waals surface area contributed by atoms with Gasteiger partial charge in [-0.2, -0.15) is 5.26 Å². The molecule has 0 aliphatic rings. The maximum absolute atomic E-state index is 8.92. The van der Waals surface area contributed by atoms with Gasteiger partial charge in [0.05, 0.1) is 7.11 Å². The highest BCUT2D eigenvalue weighted by Crippen LogP contribution is 2.20. The molecule has 0 amide bonds. The molecule has 2 aromatic rings. The molecule has 5 heteroatoms. The summed E-state index contributed by atoms with van der Waals surface area (Å²) in [5.74, 6) is 1.90. The number of nitrogens with one attached hydrogen (secondary N) is 1. The van der Waals surface area contributed by atoms with Crippen LogP contribution in [0.25, 0.3) is 11.4 Å². The summed E-state index contributed by atoms with van der Waals surface area (Å²) in [6, 6.07) is 11.0. The van der Waals surface area contributed by atoms with Crippen LogP contribution in [-0.2, 0) is 0 Å². The fourth-order valence-corrected chi connectivity index (χ4v) is 1.50. The quantitative estimate of drug-likeness (QED) is 0.889. The van der Waals surface area contributed by atoms with E-state index in [1.807, 2.05) is 30.3 Å². The van der Waals surface area contributed by atoms with Crippen molar-refractivity contribution >= 4 is 5.82 Å². The van der Waals surface area contributed by atoms with Crippen LogP contribution in [0.4, 0.5) is 5.82 Å². The third kappa shape index (κ3) is 2.38. The molecule has 90 valence electrons. The summed E-state index contributed by atoms with van der Waals surface area (Å²) in [5, 5.41) is 11.8. The van der Waals surface area contributed by atoms with Crippen LogP contribution >= 0.6 is 0 Å². The maximum atomic E-state index is 8.92. The van der Waals surface area contributed by atoms with Gasteiger partial charge in [-0.25, -0.2) is 9.97 Å². The third-order valence-corrected chi connectivity index (χ3v) is 2.45. The van der Waals surface area contributed by atoms with Crippen molar-refractivity contribution in [3.05, 3.63) is 36.0 Å². The van der Waals surface area contributed by atoms with Crippen LogP contribution in [0.15, 0.2) is 30.3 Å². The van der Waals surface area contributed by atoms with E-state index < -0.39 is 0 Å². The zero-order valence-corrected chi connectivity index (χ0v) is 10.1. The van der Waals surface area contributed by atoms with Crippen LogP contribution in [0, 0.1) is 11.3 Å². The van der Waals surface area contributed by atoms with E-state index in [4.69, 9.17) is 10.00 Å². The fraction of sp³-hybridized carbons (Fsp3) is 0.154. The number of hydrogen-bond donors (Lipinski definition) is 1. The highest BCUT2D eigenvalue weighted by molar-refractivity contribution is 5.59. The average molecular weight is 240 g/mol. The number of rotatable bonds is 3. The zero-order valence-electron chi connectivity index (χ0n) is 10.1. The number of ether oxygens (including phenoxy) is 1. The van der Waals surface area contributed by atoms with Crippen LogP contribution in [0.5, 0.6) is 5.75 Å². The number of aromatic nitrogens is 2. The Kier molecular flexibility index (Phi) is 3.39. The summed E-state index contributed by atoms with van der Waals surface area (Å²) in [7, 11) is 3.36.